The Balaban J connectivity index is 2.20. The van der Waals surface area contributed by atoms with Gasteiger partial charge >= 0.3 is 5.69 Å². The maximum Gasteiger partial charge on any atom is 0.330 e. The molecule has 1 aromatic rings. The van der Waals surface area contributed by atoms with Gasteiger partial charge in [-0.25, -0.2) is 16.0 Å². The van der Waals surface area contributed by atoms with Crippen LogP contribution in [0.5, 0.6) is 0 Å². The number of ether oxygens (including phenoxy) is 3. The van der Waals surface area contributed by atoms with Crippen molar-refractivity contribution >= 4 is 8.53 Å². The first-order valence-electron chi connectivity index (χ1n) is 11.5. The van der Waals surface area contributed by atoms with E-state index in [1.54, 1.807) is 7.11 Å². The van der Waals surface area contributed by atoms with Crippen molar-refractivity contribution in [3.63, 3.8) is 0 Å². The first kappa shape index (κ1) is 28.6. The summed E-state index contributed by atoms with van der Waals surface area (Å²) in [5.41, 5.74) is -1.05. The van der Waals surface area contributed by atoms with Gasteiger partial charge < -0.3 is 28.1 Å². The fraction of sp³-hybridized carbons (Fsp3) is 0.773. The van der Waals surface area contributed by atoms with E-state index in [-0.39, 0.29) is 43.9 Å². The summed E-state index contributed by atoms with van der Waals surface area (Å²) < 4.78 is 33.1. The topological polar surface area (TPSA) is 109 Å². The van der Waals surface area contributed by atoms with Crippen LogP contribution >= 0.6 is 8.53 Å². The number of rotatable bonds is 14. The maximum absolute atomic E-state index is 12.4. The minimum atomic E-state index is -1.42. The second kappa shape index (κ2) is 14.0. The molecule has 0 aliphatic carbocycles. The van der Waals surface area contributed by atoms with Crippen LogP contribution in [-0.4, -0.2) is 78.6 Å². The number of nitrogens with zero attached hydrogens (tertiary/aromatic N) is 3. The van der Waals surface area contributed by atoms with Crippen molar-refractivity contribution in [1.82, 2.24) is 14.2 Å². The van der Waals surface area contributed by atoms with Gasteiger partial charge in [-0.1, -0.05) is 6.92 Å². The molecule has 0 radical (unpaired) electrons. The van der Waals surface area contributed by atoms with Gasteiger partial charge in [0.1, 0.15) is 12.7 Å². The van der Waals surface area contributed by atoms with Crippen LogP contribution in [0.4, 0.5) is 0 Å². The summed E-state index contributed by atoms with van der Waals surface area (Å²) >= 11 is 0. The number of aromatic nitrogens is 2. The summed E-state index contributed by atoms with van der Waals surface area (Å²) in [6, 6.07) is 1.64. The minimum Gasteiger partial charge on any atom is -0.382 e. The molecule has 1 aromatic heterocycles. The lowest BCUT2D eigenvalue weighted by Crippen LogP contribution is -2.37. The first-order chi connectivity index (χ1) is 16.2. The number of H-pyrrole nitrogens is 1. The van der Waals surface area contributed by atoms with Crippen molar-refractivity contribution in [2.24, 2.45) is 5.92 Å². The first-order valence-corrected chi connectivity index (χ1v) is 12.6. The summed E-state index contributed by atoms with van der Waals surface area (Å²) in [5.74, 6) is -0.118. The van der Waals surface area contributed by atoms with Crippen LogP contribution in [0.25, 0.3) is 4.85 Å². The molecule has 1 unspecified atom stereocenters. The Kier molecular flexibility index (Phi) is 11.8. The van der Waals surface area contributed by atoms with E-state index in [0.29, 0.717) is 13.2 Å². The Morgan fingerprint density at radius 3 is 2.50 bits per heavy atom. The molecular weight excluding hydrogens is 463 g/mol. The van der Waals surface area contributed by atoms with Gasteiger partial charge in [-0.3, -0.25) is 14.3 Å². The van der Waals surface area contributed by atoms with E-state index in [1.807, 2.05) is 6.92 Å². The number of methoxy groups -OCH3 is 1. The fourth-order valence-corrected chi connectivity index (χ4v) is 5.45. The van der Waals surface area contributed by atoms with Crippen LogP contribution in [0.1, 0.15) is 40.8 Å². The Hall–Kier alpha value is -1.64. The monoisotopic (exact) mass is 500 g/mol. The lowest BCUT2D eigenvalue weighted by Gasteiger charge is -2.36. The summed E-state index contributed by atoms with van der Waals surface area (Å²) in [5, 5.41) is 0. The van der Waals surface area contributed by atoms with Crippen molar-refractivity contribution < 1.29 is 23.3 Å². The van der Waals surface area contributed by atoms with E-state index < -0.39 is 32.1 Å². The average Bonchev–Trinajstić information content (AvgIpc) is 3.07. The molecule has 1 N–H and O–H groups in total. The largest absolute Gasteiger partial charge is 0.382 e. The van der Waals surface area contributed by atoms with Crippen LogP contribution < -0.4 is 11.2 Å². The number of hydrogen-bond acceptors (Lipinski definition) is 8. The quantitative estimate of drug-likeness (QED) is 0.236. The third-order valence-corrected chi connectivity index (χ3v) is 7.50. The van der Waals surface area contributed by atoms with E-state index in [4.69, 9.17) is 29.8 Å². The molecule has 1 aliphatic rings. The van der Waals surface area contributed by atoms with Gasteiger partial charge in [-0.05, 0) is 27.7 Å². The molecule has 34 heavy (non-hydrogen) atoms. The Morgan fingerprint density at radius 1 is 1.21 bits per heavy atom. The molecule has 1 saturated heterocycles. The summed E-state index contributed by atoms with van der Waals surface area (Å²) in [6.45, 7) is 18.8. The molecule has 1 fully saturated rings. The number of nitrogens with one attached hydrogen (secondary N) is 1. The molecule has 2 rings (SSSR count). The molecule has 2 heterocycles. The fourth-order valence-electron chi connectivity index (χ4n) is 3.84. The Labute approximate surface area is 202 Å². The normalized spacial score (nSPS) is 23.6. The van der Waals surface area contributed by atoms with Crippen LogP contribution in [0.3, 0.4) is 0 Å². The molecule has 1 aliphatic heterocycles. The molecule has 0 saturated carbocycles. The highest BCUT2D eigenvalue weighted by Gasteiger charge is 2.45. The molecule has 192 valence electrons. The SMILES string of the molecule is [C-]#[N+]CCOP(OC[C@H]1O[C@@H](n2ccc(=O)[nH]c2=O)[C@H](OCCOC)[C@@H]1C)N(C(C)C)C(C)C. The molecule has 11 nitrogen and oxygen atoms in total. The van der Waals surface area contributed by atoms with Gasteiger partial charge in [0, 0.05) is 37.4 Å². The van der Waals surface area contributed by atoms with Crippen LogP contribution in [0.2, 0.25) is 0 Å². The molecule has 0 bridgehead atoms. The van der Waals surface area contributed by atoms with Crippen molar-refractivity contribution in [2.75, 3.05) is 40.1 Å². The van der Waals surface area contributed by atoms with Crippen LogP contribution in [-0.2, 0) is 23.3 Å². The predicted octanol–water partition coefficient (Wildman–Crippen LogP) is 2.40. The second-order valence-corrected chi connectivity index (χ2v) is 10.0. The Bertz CT molecular complexity index is 892. The zero-order valence-electron chi connectivity index (χ0n) is 20.8. The van der Waals surface area contributed by atoms with E-state index in [2.05, 4.69) is 42.2 Å². The van der Waals surface area contributed by atoms with E-state index >= 15 is 0 Å². The van der Waals surface area contributed by atoms with E-state index in [9.17, 15) is 9.59 Å². The molecule has 12 heteroatoms. The van der Waals surface area contributed by atoms with Gasteiger partial charge in [0.2, 0.25) is 6.54 Å². The third kappa shape index (κ3) is 7.68. The third-order valence-electron chi connectivity index (χ3n) is 5.42. The van der Waals surface area contributed by atoms with Crippen LogP contribution in [0.15, 0.2) is 21.9 Å². The highest BCUT2D eigenvalue weighted by molar-refractivity contribution is 7.44. The van der Waals surface area contributed by atoms with Crippen LogP contribution in [0, 0.1) is 12.5 Å². The van der Waals surface area contributed by atoms with Gasteiger partial charge in [0.15, 0.2) is 6.23 Å². The highest BCUT2D eigenvalue weighted by atomic mass is 31.2. The number of hydrogen-bond donors (Lipinski definition) is 1. The molecule has 0 aromatic carbocycles. The summed E-state index contributed by atoms with van der Waals surface area (Å²) in [6.07, 6.45) is -0.154. The predicted molar refractivity (Wildman–Crippen MR) is 128 cm³/mol. The smallest absolute Gasteiger partial charge is 0.330 e. The average molecular weight is 501 g/mol. The number of aromatic amines is 1. The summed E-state index contributed by atoms with van der Waals surface area (Å²) in [7, 11) is 0.164. The zero-order valence-corrected chi connectivity index (χ0v) is 21.7. The minimum absolute atomic E-state index is 0.118. The highest BCUT2D eigenvalue weighted by Crippen LogP contribution is 2.47. The Morgan fingerprint density at radius 2 is 1.91 bits per heavy atom. The van der Waals surface area contributed by atoms with Gasteiger partial charge in [-0.2, -0.15) is 0 Å². The summed E-state index contributed by atoms with van der Waals surface area (Å²) in [4.78, 5) is 29.6. The standard InChI is InChI=1S/C22H37N4O7P/c1-15(2)26(16(3)4)34(31-11-9-23-6)32-14-18-17(5)20(30-13-12-29-7)21(33-18)25-10-8-19(27)24-22(25)28/h8,10,15-18,20-21H,9,11-14H2,1-5,7H3,(H,24,27,28)/t17-,18-,20-,21-,34?/m1/s1. The van der Waals surface area contributed by atoms with Gasteiger partial charge in [0.25, 0.3) is 14.1 Å². The van der Waals surface area contributed by atoms with Crippen molar-refractivity contribution in [2.45, 2.75) is 65.1 Å². The second-order valence-electron chi connectivity index (χ2n) is 8.59. The van der Waals surface area contributed by atoms with Gasteiger partial charge in [0.05, 0.1) is 25.9 Å². The maximum atomic E-state index is 12.4. The van der Waals surface area contributed by atoms with Crippen molar-refractivity contribution in [1.29, 1.82) is 0 Å². The van der Waals surface area contributed by atoms with Crippen molar-refractivity contribution in [3.8, 4) is 0 Å². The van der Waals surface area contributed by atoms with E-state index in [0.717, 1.165) is 0 Å². The van der Waals surface area contributed by atoms with Gasteiger partial charge in [-0.15, -0.1) is 0 Å². The molecule has 0 amide bonds. The zero-order chi connectivity index (χ0) is 25.3. The molecule has 5 atom stereocenters. The van der Waals surface area contributed by atoms with E-state index in [1.165, 1.54) is 16.8 Å². The lowest BCUT2D eigenvalue weighted by atomic mass is 10.0. The lowest BCUT2D eigenvalue weighted by molar-refractivity contribution is -0.0786. The van der Waals surface area contributed by atoms with Crippen molar-refractivity contribution in [3.05, 3.63) is 44.5 Å². The molecule has 0 spiro atoms. The molecular formula is C22H37N4O7P.